The van der Waals surface area contributed by atoms with Gasteiger partial charge in [-0.25, -0.2) is 0 Å². The van der Waals surface area contributed by atoms with Crippen LogP contribution < -0.4 is 10.2 Å². The van der Waals surface area contributed by atoms with Gasteiger partial charge in [0, 0.05) is 10.9 Å². The quantitative estimate of drug-likeness (QED) is 0.348. The maximum atomic E-state index is 12.1. The van der Waals surface area contributed by atoms with Crippen LogP contribution in [-0.2, 0) is 22.6 Å². The fourth-order valence-electron chi connectivity index (χ4n) is 3.60. The highest BCUT2D eigenvalue weighted by Gasteiger charge is 2.13. The van der Waals surface area contributed by atoms with E-state index < -0.39 is 0 Å². The normalized spacial score (nSPS) is 10.8. The average molecular weight is 398 g/mol. The zero-order chi connectivity index (χ0) is 20.9. The van der Waals surface area contributed by atoms with E-state index in [-0.39, 0.29) is 12.4 Å². The topological polar surface area (TPSA) is 48.7 Å². The van der Waals surface area contributed by atoms with E-state index >= 15 is 0 Å². The minimum absolute atomic E-state index is 0.179. The number of hydrogen-bond acceptors (Lipinski definition) is 4. The fourth-order valence-corrected chi connectivity index (χ4v) is 3.60. The second kappa shape index (κ2) is 8.91. The van der Waals surface area contributed by atoms with Crippen molar-refractivity contribution in [2.75, 3.05) is 6.61 Å². The van der Waals surface area contributed by atoms with Crippen LogP contribution in [0.3, 0.4) is 0 Å². The van der Waals surface area contributed by atoms with Crippen LogP contribution in [0.15, 0.2) is 77.4 Å². The summed E-state index contributed by atoms with van der Waals surface area (Å²) >= 11 is 0. The minimum Gasteiger partial charge on any atom is -0.489 e. The second-order valence-corrected chi connectivity index (χ2v) is 7.21. The Morgan fingerprint density at radius 1 is 1.00 bits per heavy atom. The molecule has 0 aliphatic heterocycles. The van der Waals surface area contributed by atoms with Crippen molar-refractivity contribution in [2.24, 2.45) is 0 Å². The van der Waals surface area contributed by atoms with E-state index in [0.717, 1.165) is 38.7 Å². The van der Waals surface area contributed by atoms with Gasteiger partial charge in [0.05, 0.1) is 19.3 Å². The number of furan rings is 1. The van der Waals surface area contributed by atoms with Crippen LogP contribution in [0.1, 0.15) is 18.1 Å². The number of rotatable bonds is 7. The first-order valence-corrected chi connectivity index (χ1v) is 10.1. The number of carbonyl (C=O) groups is 1. The summed E-state index contributed by atoms with van der Waals surface area (Å²) in [5.74, 6) is 0.430. The second-order valence-electron chi connectivity index (χ2n) is 7.21. The van der Waals surface area contributed by atoms with E-state index in [0.29, 0.717) is 19.0 Å². The molecule has 0 saturated carbocycles. The van der Waals surface area contributed by atoms with Gasteiger partial charge in [0.25, 0.3) is 0 Å². The zero-order valence-electron chi connectivity index (χ0n) is 17.2. The van der Waals surface area contributed by atoms with E-state index in [9.17, 15) is 4.79 Å². The third-order valence-electron chi connectivity index (χ3n) is 5.01. The number of fused-ring (bicyclic) bond motifs is 1. The van der Waals surface area contributed by atoms with Gasteiger partial charge in [0.1, 0.15) is 25.8 Å². The molecule has 0 atom stereocenters. The van der Waals surface area contributed by atoms with Crippen LogP contribution >= 0.6 is 0 Å². The first kappa shape index (κ1) is 19.8. The van der Waals surface area contributed by atoms with Gasteiger partial charge >= 0.3 is 5.97 Å². The molecule has 150 valence electrons. The predicted octanol–water partition coefficient (Wildman–Crippen LogP) is 4.04. The predicted molar refractivity (Wildman–Crippen MR) is 121 cm³/mol. The summed E-state index contributed by atoms with van der Waals surface area (Å²) in [5.41, 5.74) is 5.97. The van der Waals surface area contributed by atoms with Crippen molar-refractivity contribution in [3.63, 3.8) is 0 Å². The molecule has 4 rings (SSSR count). The lowest BCUT2D eigenvalue weighted by Crippen LogP contribution is -2.10. The molecular formula is C25H23BO4. The Morgan fingerprint density at radius 3 is 2.63 bits per heavy atom. The van der Waals surface area contributed by atoms with Crippen molar-refractivity contribution in [3.05, 3.63) is 84.1 Å². The monoisotopic (exact) mass is 398 g/mol. The van der Waals surface area contributed by atoms with Gasteiger partial charge in [0.2, 0.25) is 0 Å². The number of ether oxygens (including phenoxy) is 2. The van der Waals surface area contributed by atoms with Crippen LogP contribution in [0.5, 0.6) is 5.75 Å². The molecule has 30 heavy (non-hydrogen) atoms. The Bertz CT molecular complexity index is 1160. The molecule has 1 heterocycles. The maximum absolute atomic E-state index is 12.1. The highest BCUT2D eigenvalue weighted by atomic mass is 16.5. The van der Waals surface area contributed by atoms with Gasteiger partial charge in [-0.15, -0.1) is 0 Å². The summed E-state index contributed by atoms with van der Waals surface area (Å²) in [5, 5.41) is 1.05. The molecule has 0 N–H and O–H groups in total. The molecule has 0 aliphatic carbocycles. The first-order chi connectivity index (χ1) is 14.6. The number of hydrogen-bond donors (Lipinski definition) is 0. The van der Waals surface area contributed by atoms with E-state index in [4.69, 9.17) is 13.9 Å². The Kier molecular flexibility index (Phi) is 5.89. The molecule has 4 aromatic rings. The van der Waals surface area contributed by atoms with Crippen LogP contribution in [0.25, 0.3) is 22.1 Å². The summed E-state index contributed by atoms with van der Waals surface area (Å²) in [6.45, 7) is 2.57. The number of benzene rings is 3. The summed E-state index contributed by atoms with van der Waals surface area (Å²) in [4.78, 5) is 12.1. The molecule has 0 fully saturated rings. The fraction of sp³-hybridized carbons (Fsp3) is 0.160. The van der Waals surface area contributed by atoms with Gasteiger partial charge in [-0.3, -0.25) is 4.79 Å². The van der Waals surface area contributed by atoms with Crippen LogP contribution in [0.4, 0.5) is 0 Å². The molecule has 0 spiro atoms. The lowest BCUT2D eigenvalue weighted by atomic mass is 9.92. The summed E-state index contributed by atoms with van der Waals surface area (Å²) < 4.78 is 16.9. The van der Waals surface area contributed by atoms with E-state index in [2.05, 4.69) is 24.3 Å². The van der Waals surface area contributed by atoms with E-state index in [1.54, 1.807) is 6.26 Å². The molecule has 0 radical (unpaired) electrons. The minimum atomic E-state index is -0.259. The van der Waals surface area contributed by atoms with Crippen molar-refractivity contribution < 1.29 is 18.7 Å². The smallest absolute Gasteiger partial charge is 0.310 e. The highest BCUT2D eigenvalue weighted by molar-refractivity contribution is 6.38. The van der Waals surface area contributed by atoms with Gasteiger partial charge in [0.15, 0.2) is 0 Å². The van der Waals surface area contributed by atoms with E-state index in [1.165, 1.54) is 0 Å². The summed E-state index contributed by atoms with van der Waals surface area (Å²) in [6, 6.07) is 22.1. The van der Waals surface area contributed by atoms with Crippen molar-refractivity contribution in [2.45, 2.75) is 20.0 Å². The first-order valence-electron chi connectivity index (χ1n) is 10.1. The third-order valence-corrected chi connectivity index (χ3v) is 5.01. The van der Waals surface area contributed by atoms with Crippen molar-refractivity contribution in [3.8, 4) is 16.9 Å². The van der Waals surface area contributed by atoms with Crippen LogP contribution in [0.2, 0.25) is 0 Å². The lowest BCUT2D eigenvalue weighted by molar-refractivity contribution is -0.142. The Balaban J connectivity index is 1.63. The average Bonchev–Trinajstić information content (AvgIpc) is 3.23. The van der Waals surface area contributed by atoms with Gasteiger partial charge in [-0.1, -0.05) is 48.5 Å². The highest BCUT2D eigenvalue weighted by Crippen LogP contribution is 2.29. The molecule has 0 bridgehead atoms. The third kappa shape index (κ3) is 4.41. The number of esters is 1. The SMILES string of the molecule is Bc1cc(COc2cc(-c3ccccc3)ccc2CC(=O)OCC)cc2ccoc12. The molecular weight excluding hydrogens is 375 g/mol. The van der Waals surface area contributed by atoms with Gasteiger partial charge in [-0.2, -0.15) is 0 Å². The van der Waals surface area contributed by atoms with Crippen LogP contribution in [0, 0.1) is 0 Å². The molecule has 0 aliphatic rings. The maximum Gasteiger partial charge on any atom is 0.310 e. The zero-order valence-corrected chi connectivity index (χ0v) is 17.2. The molecule has 4 nitrogen and oxygen atoms in total. The van der Waals surface area contributed by atoms with Gasteiger partial charge in [-0.05, 0) is 47.3 Å². The lowest BCUT2D eigenvalue weighted by Gasteiger charge is -2.14. The molecule has 0 saturated heterocycles. The summed E-state index contributed by atoms with van der Waals surface area (Å²) in [6.07, 6.45) is 1.88. The standard InChI is InChI=1S/C25H23BO4/c1-2-28-24(27)15-20-9-8-19(18-6-4-3-5-7-18)14-23(20)30-16-17-12-21-10-11-29-25(21)22(26)13-17/h3-14H,2,15-16,26H2,1H3. The molecule has 1 aromatic heterocycles. The molecule has 5 heteroatoms. The van der Waals surface area contributed by atoms with Crippen LogP contribution in [-0.4, -0.2) is 20.4 Å². The van der Waals surface area contributed by atoms with Crippen molar-refractivity contribution in [1.29, 1.82) is 0 Å². The molecule has 3 aromatic carbocycles. The largest absolute Gasteiger partial charge is 0.489 e. The van der Waals surface area contributed by atoms with Gasteiger partial charge < -0.3 is 13.9 Å². The Hall–Kier alpha value is -3.47. The summed E-state index contributed by atoms with van der Waals surface area (Å²) in [7, 11) is 2.03. The molecule has 0 unspecified atom stereocenters. The molecule has 0 amide bonds. The van der Waals surface area contributed by atoms with E-state index in [1.807, 2.05) is 57.2 Å². The van der Waals surface area contributed by atoms with Crippen molar-refractivity contribution >= 4 is 30.2 Å². The Morgan fingerprint density at radius 2 is 1.83 bits per heavy atom. The number of carbonyl (C=O) groups excluding carboxylic acids is 1. The Labute approximate surface area is 176 Å². The van der Waals surface area contributed by atoms with Crippen molar-refractivity contribution in [1.82, 2.24) is 0 Å².